The van der Waals surface area contributed by atoms with Gasteiger partial charge in [-0.25, -0.2) is 0 Å². The molecule has 1 N–H and O–H groups in total. The molecule has 0 spiro atoms. The van der Waals surface area contributed by atoms with Crippen molar-refractivity contribution >= 4 is 0 Å². The first-order valence-electron chi connectivity index (χ1n) is 5.74. The van der Waals surface area contributed by atoms with Crippen LogP contribution in [-0.4, -0.2) is 24.4 Å². The molecule has 0 saturated heterocycles. The molecule has 3 nitrogen and oxygen atoms in total. The van der Waals surface area contributed by atoms with E-state index in [9.17, 15) is 5.11 Å². The highest BCUT2D eigenvalue weighted by Gasteiger charge is 2.15. The molecule has 1 aromatic carbocycles. The van der Waals surface area contributed by atoms with Crippen LogP contribution >= 0.6 is 0 Å². The Hall–Kier alpha value is -1.22. The SMILES string of the molecule is CC(O)CC(C)c1ccc2c(c1)OCCO2. The van der Waals surface area contributed by atoms with E-state index in [4.69, 9.17) is 9.47 Å². The Morgan fingerprint density at radius 3 is 2.56 bits per heavy atom. The van der Waals surface area contributed by atoms with Crippen molar-refractivity contribution in [3.05, 3.63) is 23.8 Å². The standard InChI is InChI=1S/C13H18O3/c1-9(7-10(2)14)11-3-4-12-13(8-11)16-6-5-15-12/h3-4,8-10,14H,5-7H2,1-2H3. The van der Waals surface area contributed by atoms with Crippen LogP contribution in [0, 0.1) is 0 Å². The van der Waals surface area contributed by atoms with Gasteiger partial charge in [0.25, 0.3) is 0 Å². The molecule has 1 aliphatic rings. The minimum absolute atomic E-state index is 0.275. The largest absolute Gasteiger partial charge is 0.486 e. The minimum Gasteiger partial charge on any atom is -0.486 e. The van der Waals surface area contributed by atoms with Crippen LogP contribution in [0.3, 0.4) is 0 Å². The van der Waals surface area contributed by atoms with E-state index in [1.54, 1.807) is 0 Å². The average Bonchev–Trinajstić information content (AvgIpc) is 2.27. The number of rotatable bonds is 3. The van der Waals surface area contributed by atoms with Crippen LogP contribution in [0.2, 0.25) is 0 Å². The van der Waals surface area contributed by atoms with Gasteiger partial charge in [0, 0.05) is 0 Å². The number of aliphatic hydroxyl groups is 1. The van der Waals surface area contributed by atoms with Gasteiger partial charge in [-0.05, 0) is 37.0 Å². The second-order valence-electron chi connectivity index (χ2n) is 4.39. The normalized spacial score (nSPS) is 17.9. The van der Waals surface area contributed by atoms with Gasteiger partial charge in [0.15, 0.2) is 11.5 Å². The molecule has 1 aliphatic heterocycles. The van der Waals surface area contributed by atoms with Gasteiger partial charge in [-0.1, -0.05) is 13.0 Å². The lowest BCUT2D eigenvalue weighted by molar-refractivity contribution is 0.169. The van der Waals surface area contributed by atoms with Gasteiger partial charge in [-0.15, -0.1) is 0 Å². The molecule has 16 heavy (non-hydrogen) atoms. The van der Waals surface area contributed by atoms with E-state index < -0.39 is 0 Å². The molecule has 0 amide bonds. The van der Waals surface area contributed by atoms with Crippen LogP contribution in [0.4, 0.5) is 0 Å². The van der Waals surface area contributed by atoms with Crippen molar-refractivity contribution in [2.45, 2.75) is 32.3 Å². The Kier molecular flexibility index (Phi) is 3.34. The molecule has 2 rings (SSSR count). The maximum absolute atomic E-state index is 9.37. The van der Waals surface area contributed by atoms with Gasteiger partial charge in [-0.3, -0.25) is 0 Å². The summed E-state index contributed by atoms with van der Waals surface area (Å²) < 4.78 is 11.0. The topological polar surface area (TPSA) is 38.7 Å². The number of ether oxygens (including phenoxy) is 2. The first-order chi connectivity index (χ1) is 7.66. The van der Waals surface area contributed by atoms with E-state index in [0.717, 1.165) is 17.9 Å². The Morgan fingerprint density at radius 2 is 1.88 bits per heavy atom. The number of hydrogen-bond donors (Lipinski definition) is 1. The third-order valence-electron chi connectivity index (χ3n) is 2.83. The van der Waals surface area contributed by atoms with Crippen molar-refractivity contribution in [3.8, 4) is 11.5 Å². The van der Waals surface area contributed by atoms with Gasteiger partial charge < -0.3 is 14.6 Å². The zero-order valence-corrected chi connectivity index (χ0v) is 9.77. The Morgan fingerprint density at radius 1 is 1.19 bits per heavy atom. The van der Waals surface area contributed by atoms with Crippen molar-refractivity contribution in [1.29, 1.82) is 0 Å². The highest BCUT2D eigenvalue weighted by atomic mass is 16.6. The van der Waals surface area contributed by atoms with Gasteiger partial charge in [0.05, 0.1) is 6.10 Å². The maximum Gasteiger partial charge on any atom is 0.161 e. The average molecular weight is 222 g/mol. The van der Waals surface area contributed by atoms with Crippen LogP contribution in [0.1, 0.15) is 31.7 Å². The highest BCUT2D eigenvalue weighted by molar-refractivity contribution is 5.44. The molecular weight excluding hydrogens is 204 g/mol. The lowest BCUT2D eigenvalue weighted by atomic mass is 9.95. The van der Waals surface area contributed by atoms with Crippen molar-refractivity contribution in [1.82, 2.24) is 0 Å². The van der Waals surface area contributed by atoms with Gasteiger partial charge in [0.1, 0.15) is 13.2 Å². The number of benzene rings is 1. The van der Waals surface area contributed by atoms with E-state index in [-0.39, 0.29) is 6.10 Å². The summed E-state index contributed by atoms with van der Waals surface area (Å²) in [5, 5.41) is 9.37. The van der Waals surface area contributed by atoms with E-state index in [2.05, 4.69) is 6.92 Å². The molecule has 0 bridgehead atoms. The Balaban J connectivity index is 2.16. The van der Waals surface area contributed by atoms with E-state index in [1.165, 1.54) is 5.56 Å². The van der Waals surface area contributed by atoms with Crippen LogP contribution in [-0.2, 0) is 0 Å². The molecule has 0 aromatic heterocycles. The molecule has 0 radical (unpaired) electrons. The fourth-order valence-electron chi connectivity index (χ4n) is 2.01. The van der Waals surface area contributed by atoms with E-state index in [1.807, 2.05) is 25.1 Å². The van der Waals surface area contributed by atoms with Gasteiger partial charge in [0.2, 0.25) is 0 Å². The molecule has 88 valence electrons. The van der Waals surface area contributed by atoms with E-state index >= 15 is 0 Å². The minimum atomic E-state index is -0.275. The zero-order chi connectivity index (χ0) is 11.5. The number of fused-ring (bicyclic) bond motifs is 1. The second kappa shape index (κ2) is 4.74. The fraction of sp³-hybridized carbons (Fsp3) is 0.538. The van der Waals surface area contributed by atoms with Crippen LogP contribution in [0.15, 0.2) is 18.2 Å². The maximum atomic E-state index is 9.37. The quantitative estimate of drug-likeness (QED) is 0.853. The molecule has 2 atom stereocenters. The summed E-state index contributed by atoms with van der Waals surface area (Å²) in [5.41, 5.74) is 1.19. The second-order valence-corrected chi connectivity index (χ2v) is 4.39. The molecule has 1 heterocycles. The van der Waals surface area contributed by atoms with Crippen LogP contribution in [0.25, 0.3) is 0 Å². The van der Waals surface area contributed by atoms with Gasteiger partial charge in [-0.2, -0.15) is 0 Å². The summed E-state index contributed by atoms with van der Waals surface area (Å²) in [7, 11) is 0. The van der Waals surface area contributed by atoms with E-state index in [0.29, 0.717) is 19.1 Å². The van der Waals surface area contributed by atoms with Crippen LogP contribution < -0.4 is 9.47 Å². The Bertz CT molecular complexity index is 360. The number of aliphatic hydroxyl groups excluding tert-OH is 1. The Labute approximate surface area is 96.0 Å². The predicted octanol–water partition coefficient (Wildman–Crippen LogP) is 2.33. The third-order valence-corrected chi connectivity index (χ3v) is 2.83. The molecular formula is C13H18O3. The third kappa shape index (κ3) is 2.47. The summed E-state index contributed by atoms with van der Waals surface area (Å²) in [5.74, 6) is 1.97. The molecule has 0 saturated carbocycles. The number of hydrogen-bond acceptors (Lipinski definition) is 3. The summed E-state index contributed by atoms with van der Waals surface area (Å²) in [6, 6.07) is 6.00. The smallest absolute Gasteiger partial charge is 0.161 e. The highest BCUT2D eigenvalue weighted by Crippen LogP contribution is 2.34. The van der Waals surface area contributed by atoms with Crippen molar-refractivity contribution in [3.63, 3.8) is 0 Å². The van der Waals surface area contributed by atoms with Crippen LogP contribution in [0.5, 0.6) is 11.5 Å². The lowest BCUT2D eigenvalue weighted by Gasteiger charge is -2.21. The lowest BCUT2D eigenvalue weighted by Crippen LogP contribution is -2.15. The molecule has 2 unspecified atom stereocenters. The first-order valence-corrected chi connectivity index (χ1v) is 5.74. The fourth-order valence-corrected chi connectivity index (χ4v) is 2.01. The molecule has 0 fully saturated rings. The molecule has 1 aromatic rings. The zero-order valence-electron chi connectivity index (χ0n) is 9.77. The predicted molar refractivity (Wildman–Crippen MR) is 62.1 cm³/mol. The monoisotopic (exact) mass is 222 g/mol. The van der Waals surface area contributed by atoms with Crippen molar-refractivity contribution in [2.75, 3.05) is 13.2 Å². The summed E-state index contributed by atoms with van der Waals surface area (Å²) in [6.07, 6.45) is 0.489. The van der Waals surface area contributed by atoms with Gasteiger partial charge >= 0.3 is 0 Å². The summed E-state index contributed by atoms with van der Waals surface area (Å²) in [4.78, 5) is 0. The van der Waals surface area contributed by atoms with Crippen molar-refractivity contribution in [2.24, 2.45) is 0 Å². The van der Waals surface area contributed by atoms with Crippen molar-refractivity contribution < 1.29 is 14.6 Å². The summed E-state index contributed by atoms with van der Waals surface area (Å²) >= 11 is 0. The summed E-state index contributed by atoms with van der Waals surface area (Å²) in [6.45, 7) is 5.16. The first kappa shape index (κ1) is 11.3. The molecule has 0 aliphatic carbocycles. The molecule has 3 heteroatoms.